The molecule has 1 heterocycles. The van der Waals surface area contributed by atoms with Gasteiger partial charge >= 0.3 is 0 Å². The van der Waals surface area contributed by atoms with Crippen molar-refractivity contribution in [3.8, 4) is 0 Å². The topological polar surface area (TPSA) is 49.7 Å². The summed E-state index contributed by atoms with van der Waals surface area (Å²) in [6.45, 7) is -0.142. The van der Waals surface area contributed by atoms with Crippen molar-refractivity contribution in [2.75, 3.05) is 6.61 Å². The zero-order valence-corrected chi connectivity index (χ0v) is 10.5. The first-order valence-corrected chi connectivity index (χ1v) is 6.91. The maximum absolute atomic E-state index is 10.4. The zero-order valence-electron chi connectivity index (χ0n) is 10.5. The molecule has 0 aromatic carbocycles. The standard InChI is InChI=1S/C13H23BO3/c14-12-13(11(16)10(9-15)17-12)7-5-3-1-2-4-6-8-13/h10-12,15-16H,1-9H2. The number of aliphatic hydroxyl groups is 2. The van der Waals surface area contributed by atoms with E-state index in [1.807, 2.05) is 0 Å². The lowest BCUT2D eigenvalue weighted by Gasteiger charge is -2.36. The smallest absolute Gasteiger partial charge is 0.109 e. The Hall–Kier alpha value is -0.0551. The Balaban J connectivity index is 2.12. The Labute approximate surface area is 105 Å². The van der Waals surface area contributed by atoms with Gasteiger partial charge in [-0.3, -0.25) is 0 Å². The van der Waals surface area contributed by atoms with Crippen LogP contribution in [0.1, 0.15) is 51.4 Å². The molecule has 1 saturated carbocycles. The van der Waals surface area contributed by atoms with Crippen molar-refractivity contribution in [1.82, 2.24) is 0 Å². The molecule has 3 nitrogen and oxygen atoms in total. The predicted octanol–water partition coefficient (Wildman–Crippen LogP) is 1.35. The van der Waals surface area contributed by atoms with Gasteiger partial charge in [0.25, 0.3) is 0 Å². The summed E-state index contributed by atoms with van der Waals surface area (Å²) >= 11 is 0. The zero-order chi connectivity index (χ0) is 12.3. The molecule has 0 bridgehead atoms. The summed E-state index contributed by atoms with van der Waals surface area (Å²) in [5.74, 6) is 0. The molecule has 2 aliphatic rings. The summed E-state index contributed by atoms with van der Waals surface area (Å²) in [5.41, 5.74) is -0.322. The molecule has 0 aromatic rings. The van der Waals surface area contributed by atoms with Crippen molar-refractivity contribution in [3.05, 3.63) is 0 Å². The van der Waals surface area contributed by atoms with E-state index in [1.165, 1.54) is 25.7 Å². The van der Waals surface area contributed by atoms with Crippen molar-refractivity contribution >= 4 is 7.85 Å². The lowest BCUT2D eigenvalue weighted by Crippen LogP contribution is -2.42. The predicted molar refractivity (Wildman–Crippen MR) is 66.9 cm³/mol. The fourth-order valence-corrected chi connectivity index (χ4v) is 3.40. The molecular weight excluding hydrogens is 215 g/mol. The molecule has 2 radical (unpaired) electrons. The molecular formula is C13H23BO3. The third kappa shape index (κ3) is 2.54. The van der Waals surface area contributed by atoms with E-state index in [1.54, 1.807) is 0 Å². The van der Waals surface area contributed by atoms with Crippen LogP contribution in [0.2, 0.25) is 0 Å². The van der Waals surface area contributed by atoms with Crippen LogP contribution in [-0.2, 0) is 4.74 Å². The van der Waals surface area contributed by atoms with Crippen LogP contribution in [0, 0.1) is 5.41 Å². The molecule has 4 heteroatoms. The van der Waals surface area contributed by atoms with Crippen LogP contribution in [0.5, 0.6) is 0 Å². The average molecular weight is 238 g/mol. The number of hydrogen-bond donors (Lipinski definition) is 2. The Morgan fingerprint density at radius 1 is 1.06 bits per heavy atom. The molecule has 3 atom stereocenters. The Morgan fingerprint density at radius 3 is 2.06 bits per heavy atom. The molecule has 1 spiro atoms. The van der Waals surface area contributed by atoms with Crippen LogP contribution in [-0.4, -0.2) is 42.9 Å². The summed E-state index contributed by atoms with van der Waals surface area (Å²) < 4.78 is 5.53. The molecule has 2 fully saturated rings. The van der Waals surface area contributed by atoms with Crippen LogP contribution in [0.4, 0.5) is 0 Å². The molecule has 3 unspecified atom stereocenters. The quantitative estimate of drug-likeness (QED) is 0.678. The maximum Gasteiger partial charge on any atom is 0.109 e. The van der Waals surface area contributed by atoms with Gasteiger partial charge in [0.1, 0.15) is 14.0 Å². The van der Waals surface area contributed by atoms with Crippen LogP contribution >= 0.6 is 0 Å². The van der Waals surface area contributed by atoms with Crippen LogP contribution in [0.3, 0.4) is 0 Å². The van der Waals surface area contributed by atoms with Gasteiger partial charge in [-0.25, -0.2) is 0 Å². The van der Waals surface area contributed by atoms with E-state index in [0.717, 1.165) is 25.7 Å². The second-order valence-electron chi connectivity index (χ2n) is 5.58. The molecule has 96 valence electrons. The number of aliphatic hydroxyl groups excluding tert-OH is 2. The molecule has 2 rings (SSSR count). The fraction of sp³-hybridized carbons (Fsp3) is 1.00. The van der Waals surface area contributed by atoms with Gasteiger partial charge in [-0.15, -0.1) is 0 Å². The summed E-state index contributed by atoms with van der Waals surface area (Å²) in [7, 11) is 6.08. The molecule has 17 heavy (non-hydrogen) atoms. The first-order chi connectivity index (χ1) is 8.20. The number of hydrogen-bond acceptors (Lipinski definition) is 3. The fourth-order valence-electron chi connectivity index (χ4n) is 3.40. The summed E-state index contributed by atoms with van der Waals surface area (Å²) in [6, 6.07) is -0.423. The van der Waals surface area contributed by atoms with Gasteiger partial charge in [-0.2, -0.15) is 0 Å². The maximum atomic E-state index is 10.4. The van der Waals surface area contributed by atoms with Crippen LogP contribution < -0.4 is 0 Å². The molecule has 1 aliphatic carbocycles. The first kappa shape index (κ1) is 13.4. The van der Waals surface area contributed by atoms with E-state index in [2.05, 4.69) is 0 Å². The first-order valence-electron chi connectivity index (χ1n) is 6.91. The molecule has 1 saturated heterocycles. The molecule has 0 amide bonds. The summed E-state index contributed by atoms with van der Waals surface area (Å²) in [6.07, 6.45) is 7.94. The number of ether oxygens (including phenoxy) is 1. The third-order valence-electron chi connectivity index (χ3n) is 4.54. The van der Waals surface area contributed by atoms with E-state index in [0.29, 0.717) is 0 Å². The van der Waals surface area contributed by atoms with Crippen LogP contribution in [0.15, 0.2) is 0 Å². The van der Waals surface area contributed by atoms with Gasteiger partial charge < -0.3 is 14.9 Å². The van der Waals surface area contributed by atoms with Crippen molar-refractivity contribution in [2.45, 2.75) is 69.6 Å². The molecule has 0 aromatic heterocycles. The van der Waals surface area contributed by atoms with E-state index < -0.39 is 18.2 Å². The molecule has 1 aliphatic heterocycles. The SMILES string of the molecule is [B]C1OC(CO)C(O)C12CCCCCCCC2. The third-order valence-corrected chi connectivity index (χ3v) is 4.54. The van der Waals surface area contributed by atoms with Gasteiger partial charge in [0.2, 0.25) is 0 Å². The highest BCUT2D eigenvalue weighted by atomic mass is 16.5. The minimum absolute atomic E-state index is 0.142. The van der Waals surface area contributed by atoms with E-state index in [4.69, 9.17) is 12.6 Å². The summed E-state index contributed by atoms with van der Waals surface area (Å²) in [4.78, 5) is 0. The van der Waals surface area contributed by atoms with E-state index in [9.17, 15) is 10.2 Å². The monoisotopic (exact) mass is 238 g/mol. The minimum atomic E-state index is -0.611. The number of rotatable bonds is 1. The van der Waals surface area contributed by atoms with Gasteiger partial charge in [0.15, 0.2) is 0 Å². The highest BCUT2D eigenvalue weighted by molar-refractivity contribution is 6.11. The Morgan fingerprint density at radius 2 is 1.59 bits per heavy atom. The lowest BCUT2D eigenvalue weighted by molar-refractivity contribution is -0.0109. The van der Waals surface area contributed by atoms with E-state index in [-0.39, 0.29) is 12.0 Å². The minimum Gasteiger partial charge on any atom is -0.394 e. The average Bonchev–Trinajstić information content (AvgIpc) is 2.64. The van der Waals surface area contributed by atoms with Crippen molar-refractivity contribution in [2.24, 2.45) is 5.41 Å². The summed E-state index contributed by atoms with van der Waals surface area (Å²) in [5, 5.41) is 19.6. The van der Waals surface area contributed by atoms with Gasteiger partial charge in [0, 0.05) is 11.4 Å². The van der Waals surface area contributed by atoms with Crippen molar-refractivity contribution < 1.29 is 14.9 Å². The highest BCUT2D eigenvalue weighted by Gasteiger charge is 2.52. The Kier molecular flexibility index (Phi) is 4.50. The molecule has 2 N–H and O–H groups in total. The Bertz CT molecular complexity index is 237. The largest absolute Gasteiger partial charge is 0.394 e. The van der Waals surface area contributed by atoms with Crippen LogP contribution in [0.25, 0.3) is 0 Å². The highest BCUT2D eigenvalue weighted by Crippen LogP contribution is 2.46. The van der Waals surface area contributed by atoms with Crippen molar-refractivity contribution in [1.29, 1.82) is 0 Å². The second kappa shape index (κ2) is 5.72. The van der Waals surface area contributed by atoms with Gasteiger partial charge in [-0.1, -0.05) is 38.5 Å². The van der Waals surface area contributed by atoms with Crippen molar-refractivity contribution in [3.63, 3.8) is 0 Å². The normalized spacial score (nSPS) is 38.6. The van der Waals surface area contributed by atoms with E-state index >= 15 is 0 Å². The van der Waals surface area contributed by atoms with Gasteiger partial charge in [-0.05, 0) is 12.8 Å². The van der Waals surface area contributed by atoms with Gasteiger partial charge in [0.05, 0.1) is 12.7 Å². The second-order valence-corrected chi connectivity index (χ2v) is 5.58. The lowest BCUT2D eigenvalue weighted by atomic mass is 9.64.